The van der Waals surface area contributed by atoms with Gasteiger partial charge in [-0.15, -0.1) is 0 Å². The normalized spacial score (nSPS) is 10.8. The lowest BCUT2D eigenvalue weighted by Crippen LogP contribution is -2.11. The summed E-state index contributed by atoms with van der Waals surface area (Å²) >= 11 is 10.6. The summed E-state index contributed by atoms with van der Waals surface area (Å²) in [4.78, 5) is 13.2. The van der Waals surface area contributed by atoms with E-state index in [9.17, 15) is 13.6 Å². The minimum atomic E-state index is -2.92. The van der Waals surface area contributed by atoms with Crippen molar-refractivity contribution >= 4 is 23.2 Å². The number of hydrogen-bond donors (Lipinski definition) is 1. The molecule has 0 radical (unpaired) electrons. The summed E-state index contributed by atoms with van der Waals surface area (Å²) in [5, 5.41) is -0.672. The SMILES string of the molecule is O=c1c(Cl)c[nH]c(Cl)c1C(F)F. The summed E-state index contributed by atoms with van der Waals surface area (Å²) in [6, 6.07) is 0. The number of H-pyrrole nitrogens is 1. The van der Waals surface area contributed by atoms with E-state index >= 15 is 0 Å². The van der Waals surface area contributed by atoms with Gasteiger partial charge in [-0.05, 0) is 0 Å². The first kappa shape index (κ1) is 9.48. The summed E-state index contributed by atoms with van der Waals surface area (Å²) in [6.45, 7) is 0. The molecule has 1 rings (SSSR count). The van der Waals surface area contributed by atoms with Gasteiger partial charge in [0.1, 0.15) is 15.7 Å². The van der Waals surface area contributed by atoms with Crippen molar-refractivity contribution in [3.63, 3.8) is 0 Å². The van der Waals surface area contributed by atoms with Gasteiger partial charge in [0, 0.05) is 6.20 Å². The van der Waals surface area contributed by atoms with Crippen LogP contribution in [0, 0.1) is 0 Å². The van der Waals surface area contributed by atoms with E-state index in [1.54, 1.807) is 0 Å². The van der Waals surface area contributed by atoms with E-state index in [0.29, 0.717) is 0 Å². The molecule has 0 amide bonds. The Morgan fingerprint density at radius 1 is 1.42 bits per heavy atom. The molecule has 6 heteroatoms. The van der Waals surface area contributed by atoms with Crippen molar-refractivity contribution < 1.29 is 8.78 Å². The molecule has 0 bridgehead atoms. The zero-order chi connectivity index (χ0) is 9.30. The van der Waals surface area contributed by atoms with Crippen molar-refractivity contribution in [2.75, 3.05) is 0 Å². The van der Waals surface area contributed by atoms with Crippen LogP contribution in [0.1, 0.15) is 12.0 Å². The van der Waals surface area contributed by atoms with Gasteiger partial charge in [-0.2, -0.15) is 0 Å². The smallest absolute Gasteiger partial charge is 0.270 e. The van der Waals surface area contributed by atoms with Crippen LogP contribution in [0.2, 0.25) is 10.2 Å². The van der Waals surface area contributed by atoms with Crippen LogP contribution < -0.4 is 5.43 Å². The first-order chi connectivity index (χ1) is 5.54. The molecule has 1 aromatic heterocycles. The number of alkyl halides is 2. The minimum absolute atomic E-state index is 0.297. The fourth-order valence-corrected chi connectivity index (χ4v) is 1.07. The fraction of sp³-hybridized carbons (Fsp3) is 0.167. The monoisotopic (exact) mass is 213 g/mol. The Hall–Kier alpha value is -0.610. The summed E-state index contributed by atoms with van der Waals surface area (Å²) in [5.41, 5.74) is -1.72. The molecular weight excluding hydrogens is 211 g/mol. The third-order valence-electron chi connectivity index (χ3n) is 1.24. The van der Waals surface area contributed by atoms with E-state index in [1.807, 2.05) is 0 Å². The molecule has 2 nitrogen and oxygen atoms in total. The van der Waals surface area contributed by atoms with Gasteiger partial charge in [0.2, 0.25) is 5.43 Å². The molecule has 0 fully saturated rings. The van der Waals surface area contributed by atoms with Crippen molar-refractivity contribution in [2.24, 2.45) is 0 Å². The van der Waals surface area contributed by atoms with E-state index in [0.717, 1.165) is 6.20 Å². The third kappa shape index (κ3) is 1.59. The Balaban J connectivity index is 3.44. The molecule has 0 saturated heterocycles. The molecule has 1 heterocycles. The number of pyridine rings is 1. The molecule has 0 atom stereocenters. The van der Waals surface area contributed by atoms with Crippen molar-refractivity contribution in [3.8, 4) is 0 Å². The van der Waals surface area contributed by atoms with Crippen LogP contribution in [-0.4, -0.2) is 4.98 Å². The minimum Gasteiger partial charge on any atom is -0.350 e. The topological polar surface area (TPSA) is 32.9 Å². The molecule has 0 aliphatic carbocycles. The molecular formula is C6H3Cl2F2NO. The average molecular weight is 214 g/mol. The van der Waals surface area contributed by atoms with E-state index in [4.69, 9.17) is 23.2 Å². The second-order valence-electron chi connectivity index (χ2n) is 1.99. The molecule has 66 valence electrons. The Bertz CT molecular complexity index is 350. The standard InChI is InChI=1S/C6H3Cl2F2NO/c7-2-1-11-5(8)3(4(2)12)6(9)10/h1,6H,(H,11,12). The van der Waals surface area contributed by atoms with Crippen LogP contribution in [0.3, 0.4) is 0 Å². The predicted molar refractivity (Wildman–Crippen MR) is 42.0 cm³/mol. The van der Waals surface area contributed by atoms with Crippen molar-refractivity contribution in [3.05, 3.63) is 32.2 Å². The maximum absolute atomic E-state index is 12.1. The lowest BCUT2D eigenvalue weighted by molar-refractivity contribution is 0.150. The lowest BCUT2D eigenvalue weighted by Gasteiger charge is -2.01. The summed E-state index contributed by atoms with van der Waals surface area (Å²) in [5.74, 6) is 0. The maximum Gasteiger partial charge on any atom is 0.270 e. The second-order valence-corrected chi connectivity index (χ2v) is 2.78. The zero-order valence-electron chi connectivity index (χ0n) is 5.57. The van der Waals surface area contributed by atoms with Gasteiger partial charge in [0.15, 0.2) is 0 Å². The number of halogens is 4. The number of nitrogens with one attached hydrogen (secondary N) is 1. The van der Waals surface area contributed by atoms with Gasteiger partial charge in [-0.25, -0.2) is 8.78 Å². The van der Waals surface area contributed by atoms with Gasteiger partial charge < -0.3 is 4.98 Å². The molecule has 0 aliphatic rings. The van der Waals surface area contributed by atoms with Gasteiger partial charge in [-0.3, -0.25) is 4.79 Å². The van der Waals surface area contributed by atoms with E-state index in [-0.39, 0.29) is 10.2 Å². The number of aromatic amines is 1. The molecule has 0 unspecified atom stereocenters. The zero-order valence-corrected chi connectivity index (χ0v) is 7.09. The summed E-state index contributed by atoms with van der Waals surface area (Å²) < 4.78 is 24.2. The van der Waals surface area contributed by atoms with Crippen LogP contribution in [-0.2, 0) is 0 Å². The molecule has 1 aromatic rings. The number of aromatic nitrogens is 1. The Labute approximate surface area is 76.1 Å². The third-order valence-corrected chi connectivity index (χ3v) is 1.84. The summed E-state index contributed by atoms with van der Waals surface area (Å²) in [7, 11) is 0. The Kier molecular flexibility index (Phi) is 2.69. The first-order valence-electron chi connectivity index (χ1n) is 2.88. The fourth-order valence-electron chi connectivity index (χ4n) is 0.693. The van der Waals surface area contributed by atoms with Gasteiger partial charge in [0.05, 0.1) is 0 Å². The highest BCUT2D eigenvalue weighted by Gasteiger charge is 2.18. The van der Waals surface area contributed by atoms with E-state index in [2.05, 4.69) is 4.98 Å². The van der Waals surface area contributed by atoms with Crippen LogP contribution in [0.15, 0.2) is 11.0 Å². The Morgan fingerprint density at radius 2 is 2.00 bits per heavy atom. The van der Waals surface area contributed by atoms with Gasteiger partial charge in [0.25, 0.3) is 6.43 Å². The predicted octanol–water partition coefficient (Wildman–Crippen LogP) is 2.62. The highest BCUT2D eigenvalue weighted by molar-refractivity contribution is 6.32. The first-order valence-corrected chi connectivity index (χ1v) is 3.64. The van der Waals surface area contributed by atoms with Gasteiger partial charge in [-0.1, -0.05) is 23.2 Å². The van der Waals surface area contributed by atoms with Crippen molar-refractivity contribution in [2.45, 2.75) is 6.43 Å². The lowest BCUT2D eigenvalue weighted by atomic mass is 10.3. The molecule has 0 saturated carbocycles. The molecule has 1 N–H and O–H groups in total. The number of hydrogen-bond acceptors (Lipinski definition) is 1. The van der Waals surface area contributed by atoms with E-state index < -0.39 is 17.4 Å². The van der Waals surface area contributed by atoms with Crippen LogP contribution in [0.4, 0.5) is 8.78 Å². The molecule has 0 spiro atoms. The number of rotatable bonds is 1. The second kappa shape index (κ2) is 3.41. The van der Waals surface area contributed by atoms with Crippen molar-refractivity contribution in [1.29, 1.82) is 0 Å². The molecule has 0 aliphatic heterocycles. The van der Waals surface area contributed by atoms with Crippen molar-refractivity contribution in [1.82, 2.24) is 4.98 Å². The maximum atomic E-state index is 12.1. The highest BCUT2D eigenvalue weighted by atomic mass is 35.5. The largest absolute Gasteiger partial charge is 0.350 e. The van der Waals surface area contributed by atoms with Crippen LogP contribution in [0.5, 0.6) is 0 Å². The van der Waals surface area contributed by atoms with E-state index in [1.165, 1.54) is 0 Å². The van der Waals surface area contributed by atoms with Gasteiger partial charge >= 0.3 is 0 Å². The van der Waals surface area contributed by atoms with Crippen LogP contribution in [0.25, 0.3) is 0 Å². The summed E-state index contributed by atoms with van der Waals surface area (Å²) in [6.07, 6.45) is -1.85. The Morgan fingerprint density at radius 3 is 2.42 bits per heavy atom. The molecule has 0 aromatic carbocycles. The average Bonchev–Trinajstić information content (AvgIpc) is 1.97. The highest BCUT2D eigenvalue weighted by Crippen LogP contribution is 2.22. The quantitative estimate of drug-likeness (QED) is 0.716. The molecule has 12 heavy (non-hydrogen) atoms. The van der Waals surface area contributed by atoms with Crippen LogP contribution >= 0.6 is 23.2 Å².